The minimum Gasteiger partial charge on any atom is -0.348 e. The molecule has 0 saturated heterocycles. The van der Waals surface area contributed by atoms with Crippen molar-refractivity contribution in [2.24, 2.45) is 5.92 Å². The lowest BCUT2D eigenvalue weighted by Crippen LogP contribution is -2.50. The van der Waals surface area contributed by atoms with Crippen molar-refractivity contribution in [1.82, 2.24) is 5.32 Å². The van der Waals surface area contributed by atoms with Crippen LogP contribution in [-0.4, -0.2) is 18.6 Å². The molecule has 0 bridgehead atoms. The molecular weight excluding hydrogens is 312 g/mol. The van der Waals surface area contributed by atoms with Gasteiger partial charge in [0.05, 0.1) is 12.2 Å². The smallest absolute Gasteiger partial charge is 0.348 e. The maximum atomic E-state index is 14.1. The third kappa shape index (κ3) is 3.20. The second kappa shape index (κ2) is 5.81. The van der Waals surface area contributed by atoms with Crippen LogP contribution in [0.25, 0.3) is 0 Å². The van der Waals surface area contributed by atoms with Gasteiger partial charge in [-0.15, -0.1) is 0 Å². The fourth-order valence-electron chi connectivity index (χ4n) is 2.38. The zero-order valence-electron chi connectivity index (χ0n) is 11.3. The van der Waals surface area contributed by atoms with E-state index >= 15 is 0 Å². The zero-order chi connectivity index (χ0) is 16.5. The molecule has 1 amide bonds. The highest BCUT2D eigenvalue weighted by Crippen LogP contribution is 2.40. The second-order valence-corrected chi connectivity index (χ2v) is 5.28. The van der Waals surface area contributed by atoms with Gasteiger partial charge in [-0.05, 0) is 24.8 Å². The highest BCUT2D eigenvalue weighted by Gasteiger charge is 2.48. The predicted molar refractivity (Wildman–Crippen MR) is 66.0 cm³/mol. The van der Waals surface area contributed by atoms with Gasteiger partial charge in [0.15, 0.2) is 0 Å². The fraction of sp³-hybridized carbons (Fsp3) is 0.500. The van der Waals surface area contributed by atoms with Gasteiger partial charge >= 0.3 is 12.1 Å². The highest BCUT2D eigenvalue weighted by molar-refractivity contribution is 5.85. The summed E-state index contributed by atoms with van der Waals surface area (Å²) in [5, 5.41) is 1.98. The number of carbonyl (C=O) groups is 1. The summed E-state index contributed by atoms with van der Waals surface area (Å²) in [6, 6.07) is 2.43. The van der Waals surface area contributed by atoms with E-state index in [1.165, 1.54) is 0 Å². The van der Waals surface area contributed by atoms with Gasteiger partial charge < -0.3 is 5.32 Å². The normalized spacial score (nSPS) is 22.1. The van der Waals surface area contributed by atoms with Crippen LogP contribution in [0.5, 0.6) is 0 Å². The van der Waals surface area contributed by atoms with Crippen molar-refractivity contribution in [1.29, 1.82) is 0 Å². The number of nitrogens with one attached hydrogen (secondary N) is 1. The van der Waals surface area contributed by atoms with Gasteiger partial charge in [0.25, 0.3) is 5.91 Å². The Kier molecular flexibility index (Phi) is 4.39. The molecule has 1 aromatic carbocycles. The molecule has 1 N–H and O–H groups in total. The van der Waals surface area contributed by atoms with Gasteiger partial charge in [-0.2, -0.15) is 22.0 Å². The average Bonchev–Trinajstić information content (AvgIpc) is 2.41. The number of carbonyl (C=O) groups excluding carboxylic acids is 1. The summed E-state index contributed by atoms with van der Waals surface area (Å²) < 4.78 is 78.7. The molecule has 8 heteroatoms. The third-order valence-corrected chi connectivity index (χ3v) is 3.65. The Bertz CT molecular complexity index is 551. The first-order valence-electron chi connectivity index (χ1n) is 6.57. The summed E-state index contributed by atoms with van der Waals surface area (Å²) >= 11 is 0. The Hall–Kier alpha value is -1.73. The van der Waals surface area contributed by atoms with Crippen molar-refractivity contribution in [2.75, 3.05) is 6.67 Å². The minimum atomic E-state index is -4.99. The van der Waals surface area contributed by atoms with Crippen LogP contribution in [0.15, 0.2) is 24.3 Å². The topological polar surface area (TPSA) is 29.1 Å². The molecule has 0 aliphatic heterocycles. The summed E-state index contributed by atoms with van der Waals surface area (Å²) in [6.07, 6.45) is -4.57. The van der Waals surface area contributed by atoms with Gasteiger partial charge in [-0.3, -0.25) is 9.18 Å². The Morgan fingerprint density at radius 1 is 1.09 bits per heavy atom. The van der Waals surface area contributed by atoms with E-state index in [0.717, 1.165) is 12.1 Å². The van der Waals surface area contributed by atoms with Crippen LogP contribution in [0.3, 0.4) is 0 Å². The summed E-state index contributed by atoms with van der Waals surface area (Å²) in [7, 11) is 0. The summed E-state index contributed by atoms with van der Waals surface area (Å²) in [6.45, 7) is -0.611. The van der Waals surface area contributed by atoms with E-state index in [0.29, 0.717) is 12.1 Å². The van der Waals surface area contributed by atoms with Crippen LogP contribution >= 0.6 is 0 Å². The lowest BCUT2D eigenvalue weighted by atomic mass is 9.81. The van der Waals surface area contributed by atoms with E-state index in [9.17, 15) is 31.1 Å². The standard InChI is InChI=1S/C14H13F6NO/c15-7-8-5-9(6-8)21-12(22)13(16,17)10-3-1-2-4-11(10)14(18,19)20/h1-4,8-9H,5-7H2,(H,21,22). The van der Waals surface area contributed by atoms with Crippen LogP contribution in [0.1, 0.15) is 24.0 Å². The molecule has 0 radical (unpaired) electrons. The molecule has 0 unspecified atom stereocenters. The molecule has 1 aliphatic rings. The van der Waals surface area contributed by atoms with Crippen LogP contribution in [0.4, 0.5) is 26.3 Å². The van der Waals surface area contributed by atoms with E-state index in [2.05, 4.69) is 0 Å². The summed E-state index contributed by atoms with van der Waals surface area (Å²) in [4.78, 5) is 11.6. The van der Waals surface area contributed by atoms with Gasteiger partial charge in [0, 0.05) is 11.6 Å². The van der Waals surface area contributed by atoms with Crippen LogP contribution in [0, 0.1) is 5.92 Å². The number of amides is 1. The molecule has 122 valence electrons. The van der Waals surface area contributed by atoms with Crippen molar-refractivity contribution in [3.8, 4) is 0 Å². The highest BCUT2D eigenvalue weighted by atomic mass is 19.4. The Morgan fingerprint density at radius 2 is 1.64 bits per heavy atom. The zero-order valence-corrected chi connectivity index (χ0v) is 11.3. The quantitative estimate of drug-likeness (QED) is 0.841. The molecule has 2 nitrogen and oxygen atoms in total. The molecule has 1 aromatic rings. The molecule has 0 atom stereocenters. The molecule has 0 heterocycles. The number of halogens is 6. The van der Waals surface area contributed by atoms with Crippen LogP contribution in [0.2, 0.25) is 0 Å². The summed E-state index contributed by atoms with van der Waals surface area (Å²) in [5.41, 5.74) is -2.94. The van der Waals surface area contributed by atoms with E-state index in [-0.39, 0.29) is 18.8 Å². The molecule has 1 saturated carbocycles. The van der Waals surface area contributed by atoms with Crippen molar-refractivity contribution in [2.45, 2.75) is 31.0 Å². The second-order valence-electron chi connectivity index (χ2n) is 5.28. The predicted octanol–water partition coefficient (Wildman–Crippen LogP) is 3.66. The lowest BCUT2D eigenvalue weighted by Gasteiger charge is -2.35. The van der Waals surface area contributed by atoms with Crippen molar-refractivity contribution < 1.29 is 31.1 Å². The van der Waals surface area contributed by atoms with Crippen molar-refractivity contribution in [3.63, 3.8) is 0 Å². The SMILES string of the molecule is O=C(NC1CC(CF)C1)C(F)(F)c1ccccc1C(F)(F)F. The van der Waals surface area contributed by atoms with E-state index in [1.54, 1.807) is 0 Å². The number of benzene rings is 1. The number of hydrogen-bond donors (Lipinski definition) is 1. The third-order valence-electron chi connectivity index (χ3n) is 3.65. The van der Waals surface area contributed by atoms with Crippen LogP contribution < -0.4 is 5.32 Å². The largest absolute Gasteiger partial charge is 0.416 e. The molecular formula is C14H13F6NO. The maximum Gasteiger partial charge on any atom is 0.416 e. The summed E-state index contributed by atoms with van der Waals surface area (Å²) in [5.74, 6) is -6.40. The molecule has 1 fully saturated rings. The minimum absolute atomic E-state index is 0.208. The Balaban J connectivity index is 2.18. The monoisotopic (exact) mass is 325 g/mol. The van der Waals surface area contributed by atoms with Gasteiger partial charge in [-0.25, -0.2) is 0 Å². The number of alkyl halides is 6. The molecule has 2 rings (SSSR count). The van der Waals surface area contributed by atoms with Gasteiger partial charge in [-0.1, -0.05) is 18.2 Å². The maximum absolute atomic E-state index is 14.1. The van der Waals surface area contributed by atoms with E-state index in [4.69, 9.17) is 0 Å². The van der Waals surface area contributed by atoms with Crippen molar-refractivity contribution in [3.05, 3.63) is 35.4 Å². The average molecular weight is 325 g/mol. The van der Waals surface area contributed by atoms with Crippen LogP contribution in [-0.2, 0) is 16.9 Å². The van der Waals surface area contributed by atoms with E-state index < -0.39 is 41.8 Å². The fourth-order valence-corrected chi connectivity index (χ4v) is 2.38. The molecule has 22 heavy (non-hydrogen) atoms. The Morgan fingerprint density at radius 3 is 2.14 bits per heavy atom. The van der Waals surface area contributed by atoms with Gasteiger partial charge in [0.1, 0.15) is 0 Å². The molecule has 1 aliphatic carbocycles. The first kappa shape index (κ1) is 16.6. The van der Waals surface area contributed by atoms with Crippen molar-refractivity contribution >= 4 is 5.91 Å². The Labute approximate surface area is 122 Å². The van der Waals surface area contributed by atoms with Gasteiger partial charge in [0.2, 0.25) is 0 Å². The van der Waals surface area contributed by atoms with E-state index in [1.807, 2.05) is 5.32 Å². The molecule has 0 spiro atoms. The number of hydrogen-bond acceptors (Lipinski definition) is 1. The first-order valence-corrected chi connectivity index (χ1v) is 6.57. The lowest BCUT2D eigenvalue weighted by molar-refractivity contribution is -0.154. The first-order chi connectivity index (χ1) is 10.2. The number of rotatable bonds is 4. The molecule has 0 aromatic heterocycles.